The molecule has 19 heavy (non-hydrogen) atoms. The molecule has 0 radical (unpaired) electrons. The van der Waals surface area contributed by atoms with Crippen molar-refractivity contribution in [1.29, 1.82) is 0 Å². The van der Waals surface area contributed by atoms with Crippen LogP contribution < -0.4 is 0 Å². The molecule has 0 spiro atoms. The van der Waals surface area contributed by atoms with Crippen LogP contribution in [-0.4, -0.2) is 31.4 Å². The molecule has 0 aliphatic carbocycles. The first-order valence-corrected chi connectivity index (χ1v) is 6.64. The van der Waals surface area contributed by atoms with Crippen LogP contribution in [0.2, 0.25) is 0 Å². The van der Waals surface area contributed by atoms with Gasteiger partial charge in [0, 0.05) is 20.0 Å². The summed E-state index contributed by atoms with van der Waals surface area (Å²) in [6.45, 7) is 3.00. The largest absolute Gasteiger partial charge is 0.463 e. The van der Waals surface area contributed by atoms with Gasteiger partial charge < -0.3 is 14.2 Å². The Kier molecular flexibility index (Phi) is 5.36. The van der Waals surface area contributed by atoms with Gasteiger partial charge in [0.15, 0.2) is 0 Å². The Balaban J connectivity index is 1.73. The van der Waals surface area contributed by atoms with E-state index in [1.54, 1.807) is 0 Å². The second-order valence-electron chi connectivity index (χ2n) is 4.74. The first kappa shape index (κ1) is 14.0. The first-order chi connectivity index (χ1) is 9.24. The Morgan fingerprint density at radius 3 is 2.89 bits per heavy atom. The third kappa shape index (κ3) is 5.01. The highest BCUT2D eigenvalue weighted by Crippen LogP contribution is 2.18. The number of ether oxygens (including phenoxy) is 3. The van der Waals surface area contributed by atoms with Crippen LogP contribution in [0.3, 0.4) is 0 Å². The summed E-state index contributed by atoms with van der Waals surface area (Å²) in [5.74, 6) is -0.268. The molecule has 1 aromatic rings. The maximum absolute atomic E-state index is 10.8. The summed E-state index contributed by atoms with van der Waals surface area (Å²) in [4.78, 5) is 10.8. The standard InChI is InChI=1S/C15H20O4/c1-12(16)18-11-15-9-14(7-8-17-15)19-10-13-5-3-2-4-6-13/h2-6,14-15H,7-11H2,1H3. The van der Waals surface area contributed by atoms with Crippen LogP contribution in [0.15, 0.2) is 30.3 Å². The maximum atomic E-state index is 10.8. The van der Waals surface area contributed by atoms with Gasteiger partial charge in [-0.1, -0.05) is 30.3 Å². The molecule has 1 aromatic carbocycles. The third-order valence-electron chi connectivity index (χ3n) is 3.12. The molecule has 2 unspecified atom stereocenters. The van der Waals surface area contributed by atoms with Gasteiger partial charge in [-0.2, -0.15) is 0 Å². The Morgan fingerprint density at radius 2 is 2.16 bits per heavy atom. The fourth-order valence-electron chi connectivity index (χ4n) is 2.11. The Bertz CT molecular complexity index is 390. The molecule has 0 bridgehead atoms. The molecular formula is C15H20O4. The fraction of sp³-hybridized carbons (Fsp3) is 0.533. The summed E-state index contributed by atoms with van der Waals surface area (Å²) in [5.41, 5.74) is 1.17. The Labute approximate surface area is 113 Å². The molecule has 104 valence electrons. The van der Waals surface area contributed by atoms with E-state index in [4.69, 9.17) is 14.2 Å². The Morgan fingerprint density at radius 1 is 1.37 bits per heavy atom. The van der Waals surface area contributed by atoms with E-state index in [9.17, 15) is 4.79 Å². The molecule has 4 heteroatoms. The van der Waals surface area contributed by atoms with Crippen molar-refractivity contribution >= 4 is 5.97 Å². The van der Waals surface area contributed by atoms with E-state index >= 15 is 0 Å². The summed E-state index contributed by atoms with van der Waals surface area (Å²) in [7, 11) is 0. The molecular weight excluding hydrogens is 244 g/mol. The summed E-state index contributed by atoms with van der Waals surface area (Å²) >= 11 is 0. The lowest BCUT2D eigenvalue weighted by molar-refractivity contribution is -0.150. The van der Waals surface area contributed by atoms with E-state index < -0.39 is 0 Å². The topological polar surface area (TPSA) is 44.8 Å². The van der Waals surface area contributed by atoms with Crippen molar-refractivity contribution in [3.63, 3.8) is 0 Å². The van der Waals surface area contributed by atoms with Crippen molar-refractivity contribution < 1.29 is 19.0 Å². The lowest BCUT2D eigenvalue weighted by Gasteiger charge is -2.29. The average Bonchev–Trinajstić information content (AvgIpc) is 2.44. The van der Waals surface area contributed by atoms with Gasteiger partial charge in [-0.3, -0.25) is 4.79 Å². The number of rotatable bonds is 5. The number of hydrogen-bond donors (Lipinski definition) is 0. The van der Waals surface area contributed by atoms with Crippen molar-refractivity contribution in [2.24, 2.45) is 0 Å². The van der Waals surface area contributed by atoms with E-state index in [0.29, 0.717) is 19.8 Å². The molecule has 2 rings (SSSR count). The number of carbonyl (C=O) groups is 1. The van der Waals surface area contributed by atoms with Gasteiger partial charge >= 0.3 is 5.97 Å². The maximum Gasteiger partial charge on any atom is 0.302 e. The molecule has 0 N–H and O–H groups in total. The highest BCUT2D eigenvalue weighted by Gasteiger charge is 2.24. The molecule has 1 aliphatic rings. The van der Waals surface area contributed by atoms with Gasteiger partial charge in [0.2, 0.25) is 0 Å². The molecule has 1 heterocycles. The lowest BCUT2D eigenvalue weighted by atomic mass is 10.1. The van der Waals surface area contributed by atoms with E-state index in [-0.39, 0.29) is 18.2 Å². The lowest BCUT2D eigenvalue weighted by Crippen LogP contribution is -2.34. The van der Waals surface area contributed by atoms with Crippen LogP contribution in [0.5, 0.6) is 0 Å². The van der Waals surface area contributed by atoms with Crippen LogP contribution >= 0.6 is 0 Å². The van der Waals surface area contributed by atoms with Crippen LogP contribution in [0.1, 0.15) is 25.3 Å². The molecule has 1 saturated heterocycles. The number of hydrogen-bond acceptors (Lipinski definition) is 4. The minimum Gasteiger partial charge on any atom is -0.463 e. The smallest absolute Gasteiger partial charge is 0.302 e. The zero-order valence-electron chi connectivity index (χ0n) is 11.2. The van der Waals surface area contributed by atoms with E-state index in [2.05, 4.69) is 12.1 Å². The predicted octanol–water partition coefficient (Wildman–Crippen LogP) is 2.31. The van der Waals surface area contributed by atoms with Crippen molar-refractivity contribution in [3.05, 3.63) is 35.9 Å². The van der Waals surface area contributed by atoms with Crippen LogP contribution in [-0.2, 0) is 25.6 Å². The monoisotopic (exact) mass is 264 g/mol. The minimum absolute atomic E-state index is 0.0431. The summed E-state index contributed by atoms with van der Waals surface area (Å²) < 4.78 is 16.4. The van der Waals surface area contributed by atoms with Crippen molar-refractivity contribution in [2.45, 2.75) is 38.6 Å². The molecule has 0 aromatic heterocycles. The van der Waals surface area contributed by atoms with Crippen molar-refractivity contribution in [3.8, 4) is 0 Å². The first-order valence-electron chi connectivity index (χ1n) is 6.64. The quantitative estimate of drug-likeness (QED) is 0.766. The van der Waals surface area contributed by atoms with Gasteiger partial charge in [-0.05, 0) is 12.0 Å². The van der Waals surface area contributed by atoms with E-state index in [1.165, 1.54) is 12.5 Å². The summed E-state index contributed by atoms with van der Waals surface area (Å²) in [6.07, 6.45) is 1.80. The average molecular weight is 264 g/mol. The normalized spacial score (nSPS) is 23.0. The number of carbonyl (C=O) groups excluding carboxylic acids is 1. The van der Waals surface area contributed by atoms with Gasteiger partial charge in [-0.25, -0.2) is 0 Å². The molecule has 4 nitrogen and oxygen atoms in total. The second-order valence-corrected chi connectivity index (χ2v) is 4.74. The van der Waals surface area contributed by atoms with E-state index in [1.807, 2.05) is 18.2 Å². The molecule has 1 aliphatic heterocycles. The van der Waals surface area contributed by atoms with Crippen LogP contribution in [0.25, 0.3) is 0 Å². The zero-order chi connectivity index (χ0) is 13.5. The third-order valence-corrected chi connectivity index (χ3v) is 3.12. The van der Waals surface area contributed by atoms with Gasteiger partial charge in [0.25, 0.3) is 0 Å². The minimum atomic E-state index is -0.268. The van der Waals surface area contributed by atoms with Gasteiger partial charge in [0.05, 0.1) is 18.8 Å². The highest BCUT2D eigenvalue weighted by molar-refractivity contribution is 5.65. The molecule has 1 fully saturated rings. The molecule has 0 saturated carbocycles. The predicted molar refractivity (Wildman–Crippen MR) is 70.6 cm³/mol. The van der Waals surface area contributed by atoms with Crippen LogP contribution in [0, 0.1) is 0 Å². The molecule has 2 atom stereocenters. The molecule has 0 amide bonds. The number of esters is 1. The fourth-order valence-corrected chi connectivity index (χ4v) is 2.11. The summed E-state index contributed by atoms with van der Waals surface area (Å²) in [5, 5.41) is 0. The summed E-state index contributed by atoms with van der Waals surface area (Å²) in [6, 6.07) is 10.1. The second kappa shape index (κ2) is 7.26. The van der Waals surface area contributed by atoms with Crippen molar-refractivity contribution in [1.82, 2.24) is 0 Å². The number of benzene rings is 1. The van der Waals surface area contributed by atoms with Gasteiger partial charge in [0.1, 0.15) is 6.61 Å². The SMILES string of the molecule is CC(=O)OCC1CC(OCc2ccccc2)CCO1. The zero-order valence-corrected chi connectivity index (χ0v) is 11.2. The van der Waals surface area contributed by atoms with Crippen LogP contribution in [0.4, 0.5) is 0 Å². The van der Waals surface area contributed by atoms with Crippen molar-refractivity contribution in [2.75, 3.05) is 13.2 Å². The van der Waals surface area contributed by atoms with E-state index in [0.717, 1.165) is 12.8 Å². The Hall–Kier alpha value is -1.39. The van der Waals surface area contributed by atoms with Gasteiger partial charge in [-0.15, -0.1) is 0 Å². The highest BCUT2D eigenvalue weighted by atomic mass is 16.6.